The molecule has 144 valence electrons. The molecule has 2 aliphatic heterocycles. The molecule has 0 radical (unpaired) electrons. The summed E-state index contributed by atoms with van der Waals surface area (Å²) in [5.41, 5.74) is 0.796. The van der Waals surface area contributed by atoms with Crippen LogP contribution >= 0.6 is 0 Å². The van der Waals surface area contributed by atoms with E-state index >= 15 is 0 Å². The highest BCUT2D eigenvalue weighted by Gasteiger charge is 2.36. The number of aliphatic hydroxyl groups excluding tert-OH is 1. The molecule has 26 heavy (non-hydrogen) atoms. The molecule has 1 aromatic carbocycles. The quantitative estimate of drug-likeness (QED) is 0.790. The Morgan fingerprint density at radius 1 is 1.15 bits per heavy atom. The molecule has 3 rings (SSSR count). The number of benzene rings is 1. The Balaban J connectivity index is 1.79. The summed E-state index contributed by atoms with van der Waals surface area (Å²) in [5.74, 6) is -0.0576. The van der Waals surface area contributed by atoms with Crippen molar-refractivity contribution in [3.05, 3.63) is 23.3 Å². The Morgan fingerprint density at radius 3 is 2.50 bits per heavy atom. The number of hydrogen-bond acceptors (Lipinski definition) is 6. The first-order valence-corrected chi connectivity index (χ1v) is 9.16. The van der Waals surface area contributed by atoms with E-state index in [1.54, 1.807) is 6.07 Å². The van der Waals surface area contributed by atoms with Crippen molar-refractivity contribution >= 4 is 5.97 Å². The molecular formula is C19H28N2O5. The van der Waals surface area contributed by atoms with Crippen LogP contribution in [0.3, 0.4) is 0 Å². The molecule has 0 unspecified atom stereocenters. The highest BCUT2D eigenvalue weighted by Crippen LogP contribution is 2.31. The average Bonchev–Trinajstić information content (AvgIpc) is 3.02. The molecule has 2 heterocycles. The Kier molecular flexibility index (Phi) is 6.01. The van der Waals surface area contributed by atoms with E-state index in [1.807, 2.05) is 0 Å². The lowest BCUT2D eigenvalue weighted by Crippen LogP contribution is -2.45. The summed E-state index contributed by atoms with van der Waals surface area (Å²) in [6, 6.07) is 3.35. The lowest BCUT2D eigenvalue weighted by atomic mass is 10.0. The van der Waals surface area contributed by atoms with Gasteiger partial charge in [0, 0.05) is 37.3 Å². The first-order chi connectivity index (χ1) is 12.5. The van der Waals surface area contributed by atoms with E-state index in [9.17, 15) is 15.0 Å². The van der Waals surface area contributed by atoms with Crippen LogP contribution in [0.2, 0.25) is 0 Å². The number of carboxylic acids is 1. The fourth-order valence-corrected chi connectivity index (χ4v) is 4.08. The Morgan fingerprint density at radius 2 is 1.88 bits per heavy atom. The molecule has 2 fully saturated rings. The number of nitrogens with zero attached hydrogens (tertiary/aromatic N) is 2. The average molecular weight is 364 g/mol. The molecule has 0 aromatic heterocycles. The number of carboxylic acid groups (broad SMARTS) is 1. The summed E-state index contributed by atoms with van der Waals surface area (Å²) in [7, 11) is 3.03. The molecule has 2 N–H and O–H groups in total. The predicted octanol–water partition coefficient (Wildman–Crippen LogP) is 1.43. The van der Waals surface area contributed by atoms with Crippen molar-refractivity contribution in [1.82, 2.24) is 9.80 Å². The number of ether oxygens (including phenoxy) is 2. The SMILES string of the molecule is COc1cc(OC)c(CN2C[C@H](O)[C@@H](N3CCCCC3)C2)c(C(=O)O)c1. The van der Waals surface area contributed by atoms with Gasteiger partial charge in [0.1, 0.15) is 11.5 Å². The van der Waals surface area contributed by atoms with Gasteiger partial charge in [0.15, 0.2) is 0 Å². The second kappa shape index (κ2) is 8.24. The van der Waals surface area contributed by atoms with E-state index in [2.05, 4.69) is 9.80 Å². The van der Waals surface area contributed by atoms with Crippen LogP contribution in [-0.4, -0.2) is 78.5 Å². The number of aromatic carboxylic acids is 1. The fourth-order valence-electron chi connectivity index (χ4n) is 4.08. The zero-order valence-electron chi connectivity index (χ0n) is 15.5. The highest BCUT2D eigenvalue weighted by atomic mass is 16.5. The lowest BCUT2D eigenvalue weighted by Gasteiger charge is -2.33. The summed E-state index contributed by atoms with van der Waals surface area (Å²) < 4.78 is 10.6. The topological polar surface area (TPSA) is 82.5 Å². The number of aliphatic hydroxyl groups is 1. The third kappa shape index (κ3) is 3.95. The van der Waals surface area contributed by atoms with Crippen LogP contribution in [0.4, 0.5) is 0 Å². The lowest BCUT2D eigenvalue weighted by molar-refractivity contribution is 0.0693. The van der Waals surface area contributed by atoms with E-state index in [4.69, 9.17) is 9.47 Å². The van der Waals surface area contributed by atoms with Gasteiger partial charge in [-0.15, -0.1) is 0 Å². The van der Waals surface area contributed by atoms with Gasteiger partial charge in [-0.25, -0.2) is 4.79 Å². The van der Waals surface area contributed by atoms with Crippen molar-refractivity contribution in [2.75, 3.05) is 40.4 Å². The van der Waals surface area contributed by atoms with Crippen LogP contribution in [-0.2, 0) is 6.54 Å². The number of hydrogen-bond donors (Lipinski definition) is 2. The number of carbonyl (C=O) groups is 1. The van der Waals surface area contributed by atoms with Gasteiger partial charge in [-0.2, -0.15) is 0 Å². The second-order valence-electron chi connectivity index (χ2n) is 7.09. The van der Waals surface area contributed by atoms with Crippen molar-refractivity contribution in [3.8, 4) is 11.5 Å². The predicted molar refractivity (Wildman–Crippen MR) is 97.0 cm³/mol. The first kappa shape index (κ1) is 18.9. The maximum atomic E-state index is 11.7. The summed E-state index contributed by atoms with van der Waals surface area (Å²) in [6.07, 6.45) is 3.21. The maximum Gasteiger partial charge on any atom is 0.336 e. The van der Waals surface area contributed by atoms with Crippen LogP contribution < -0.4 is 9.47 Å². The molecule has 7 nitrogen and oxygen atoms in total. The summed E-state index contributed by atoms with van der Waals surface area (Å²) in [4.78, 5) is 16.2. The van der Waals surface area contributed by atoms with Gasteiger partial charge in [-0.3, -0.25) is 9.80 Å². The van der Waals surface area contributed by atoms with Gasteiger partial charge in [0.2, 0.25) is 0 Å². The number of methoxy groups -OCH3 is 2. The zero-order chi connectivity index (χ0) is 18.7. The normalized spacial score (nSPS) is 24.6. The third-order valence-electron chi connectivity index (χ3n) is 5.44. The molecule has 0 aliphatic carbocycles. The molecule has 0 amide bonds. The van der Waals surface area contributed by atoms with Gasteiger partial charge in [0.25, 0.3) is 0 Å². The number of rotatable bonds is 6. The Hall–Kier alpha value is -1.83. The highest BCUT2D eigenvalue weighted by molar-refractivity contribution is 5.91. The number of β-amino-alcohol motifs (C(OH)–C–C–N with tert-alkyl or cyclic N) is 1. The smallest absolute Gasteiger partial charge is 0.336 e. The van der Waals surface area contributed by atoms with E-state index in [0.29, 0.717) is 30.2 Å². The molecule has 0 bridgehead atoms. The van der Waals surface area contributed by atoms with Crippen LogP contribution in [0.1, 0.15) is 35.2 Å². The maximum absolute atomic E-state index is 11.7. The molecule has 2 saturated heterocycles. The minimum Gasteiger partial charge on any atom is -0.497 e. The van der Waals surface area contributed by atoms with Crippen molar-refractivity contribution < 1.29 is 24.5 Å². The molecular weight excluding hydrogens is 336 g/mol. The minimum atomic E-state index is -1.01. The molecule has 0 spiro atoms. The van der Waals surface area contributed by atoms with Crippen LogP contribution in [0.15, 0.2) is 12.1 Å². The summed E-state index contributed by atoms with van der Waals surface area (Å²) in [6.45, 7) is 3.75. The Bertz CT molecular complexity index is 645. The van der Waals surface area contributed by atoms with Gasteiger partial charge in [-0.1, -0.05) is 6.42 Å². The Labute approximate surface area is 154 Å². The number of piperidine rings is 1. The number of likely N-dealkylation sites (tertiary alicyclic amines) is 2. The molecule has 7 heteroatoms. The van der Waals surface area contributed by atoms with E-state index < -0.39 is 12.1 Å². The van der Waals surface area contributed by atoms with Crippen molar-refractivity contribution in [1.29, 1.82) is 0 Å². The van der Waals surface area contributed by atoms with Gasteiger partial charge >= 0.3 is 5.97 Å². The first-order valence-electron chi connectivity index (χ1n) is 9.16. The van der Waals surface area contributed by atoms with E-state index in [-0.39, 0.29) is 11.6 Å². The van der Waals surface area contributed by atoms with Crippen molar-refractivity contribution in [3.63, 3.8) is 0 Å². The van der Waals surface area contributed by atoms with Crippen molar-refractivity contribution in [2.24, 2.45) is 0 Å². The molecule has 2 aliphatic rings. The second-order valence-corrected chi connectivity index (χ2v) is 7.09. The van der Waals surface area contributed by atoms with Gasteiger partial charge in [-0.05, 0) is 32.0 Å². The molecule has 1 aromatic rings. The van der Waals surface area contributed by atoms with Crippen LogP contribution in [0, 0.1) is 0 Å². The summed E-state index contributed by atoms with van der Waals surface area (Å²) >= 11 is 0. The minimum absolute atomic E-state index is 0.118. The monoisotopic (exact) mass is 364 g/mol. The standard InChI is InChI=1S/C19H28N2O5/c1-25-13-8-14(19(23)24)15(18(9-13)26-2)10-20-11-16(17(22)12-20)21-6-4-3-5-7-21/h8-9,16-17,22H,3-7,10-12H2,1-2H3,(H,23,24)/t16-,17-/m0/s1. The summed E-state index contributed by atoms with van der Waals surface area (Å²) in [5, 5.41) is 20.1. The molecule has 0 saturated carbocycles. The third-order valence-corrected chi connectivity index (χ3v) is 5.44. The van der Waals surface area contributed by atoms with Crippen LogP contribution in [0.25, 0.3) is 0 Å². The van der Waals surface area contributed by atoms with Crippen LogP contribution in [0.5, 0.6) is 11.5 Å². The van der Waals surface area contributed by atoms with E-state index in [0.717, 1.165) is 19.6 Å². The van der Waals surface area contributed by atoms with Crippen molar-refractivity contribution in [2.45, 2.75) is 38.0 Å². The fraction of sp³-hybridized carbons (Fsp3) is 0.632. The largest absolute Gasteiger partial charge is 0.497 e. The van der Waals surface area contributed by atoms with Gasteiger partial charge in [0.05, 0.1) is 25.9 Å². The van der Waals surface area contributed by atoms with E-state index in [1.165, 1.54) is 39.5 Å². The van der Waals surface area contributed by atoms with Gasteiger partial charge < -0.3 is 19.7 Å². The molecule has 2 atom stereocenters. The zero-order valence-corrected chi connectivity index (χ0v) is 15.5.